The van der Waals surface area contributed by atoms with Crippen molar-refractivity contribution in [1.82, 2.24) is 4.90 Å². The molecular weight excluding hydrogens is 118 g/mol. The van der Waals surface area contributed by atoms with E-state index in [2.05, 4.69) is 31.4 Å². The first-order valence-corrected chi connectivity index (χ1v) is 3.47. The van der Waals surface area contributed by atoms with Crippen molar-refractivity contribution < 1.29 is 0 Å². The van der Waals surface area contributed by atoms with Gasteiger partial charge in [0.2, 0.25) is 0 Å². The van der Waals surface area contributed by atoms with Crippen LogP contribution in [0.25, 0.3) is 0 Å². The first-order valence-electron chi connectivity index (χ1n) is 3.03. The maximum Gasteiger partial charge on any atom is 0.0200 e. The molecule has 0 atom stereocenters. The van der Waals surface area contributed by atoms with E-state index in [1.807, 2.05) is 0 Å². The molecule has 8 heavy (non-hydrogen) atoms. The molecule has 0 saturated carbocycles. The van der Waals surface area contributed by atoms with E-state index in [9.17, 15) is 0 Å². The van der Waals surface area contributed by atoms with Crippen LogP contribution >= 0.6 is 12.6 Å². The van der Waals surface area contributed by atoms with E-state index in [1.165, 1.54) is 13.1 Å². The van der Waals surface area contributed by atoms with Crippen LogP contribution in [0.2, 0.25) is 0 Å². The molecule has 0 bridgehead atoms. The van der Waals surface area contributed by atoms with Crippen LogP contribution in [-0.4, -0.2) is 29.3 Å². The summed E-state index contributed by atoms with van der Waals surface area (Å²) in [6.45, 7) is 7.99. The van der Waals surface area contributed by atoms with Crippen molar-refractivity contribution in [2.45, 2.75) is 18.6 Å². The van der Waals surface area contributed by atoms with Crippen molar-refractivity contribution in [3.8, 4) is 0 Å². The first kappa shape index (κ1) is 6.43. The largest absolute Gasteiger partial charge is 0.299 e. The van der Waals surface area contributed by atoms with Crippen LogP contribution < -0.4 is 0 Å². The van der Waals surface area contributed by atoms with Gasteiger partial charge in [-0.05, 0) is 13.8 Å². The smallest absolute Gasteiger partial charge is 0.0200 e. The molecule has 0 aromatic rings. The van der Waals surface area contributed by atoms with E-state index in [1.54, 1.807) is 0 Å². The van der Waals surface area contributed by atoms with Crippen LogP contribution in [0.15, 0.2) is 0 Å². The van der Waals surface area contributed by atoms with Crippen LogP contribution in [0.1, 0.15) is 13.8 Å². The fourth-order valence-electron chi connectivity index (χ4n) is 0.776. The molecular formula is C6H13NS. The molecule has 0 aromatic heterocycles. The summed E-state index contributed by atoms with van der Waals surface area (Å²) in [5.41, 5.74) is 0. The molecule has 0 N–H and O–H groups in total. The Kier molecular flexibility index (Phi) is 1.54. The van der Waals surface area contributed by atoms with Gasteiger partial charge in [-0.15, -0.1) is 0 Å². The summed E-state index contributed by atoms with van der Waals surface area (Å²) in [5.74, 6) is 0. The molecule has 1 nitrogen and oxygen atoms in total. The molecule has 1 aliphatic rings. The van der Waals surface area contributed by atoms with E-state index in [0.717, 1.165) is 6.54 Å². The number of hydrogen-bond donors (Lipinski definition) is 1. The van der Waals surface area contributed by atoms with Crippen LogP contribution in [0.5, 0.6) is 0 Å². The fourth-order valence-corrected chi connectivity index (χ4v) is 0.976. The minimum Gasteiger partial charge on any atom is -0.299 e. The molecule has 2 heteroatoms. The molecule has 1 saturated heterocycles. The van der Waals surface area contributed by atoms with Crippen molar-refractivity contribution in [2.75, 3.05) is 19.6 Å². The molecule has 0 radical (unpaired) electrons. The molecule has 0 amide bonds. The molecule has 0 unspecified atom stereocenters. The van der Waals surface area contributed by atoms with Gasteiger partial charge in [-0.1, -0.05) is 0 Å². The Balaban J connectivity index is 2.16. The molecule has 48 valence electrons. The number of thiol groups is 1. The quantitative estimate of drug-likeness (QED) is 0.432. The third-order valence-corrected chi connectivity index (χ3v) is 1.29. The summed E-state index contributed by atoms with van der Waals surface area (Å²) in [6, 6.07) is 0. The van der Waals surface area contributed by atoms with E-state index in [0.29, 0.717) is 0 Å². The van der Waals surface area contributed by atoms with Gasteiger partial charge in [0.1, 0.15) is 0 Å². The van der Waals surface area contributed by atoms with E-state index >= 15 is 0 Å². The average Bonchev–Trinajstić information content (AvgIpc) is 2.12. The van der Waals surface area contributed by atoms with E-state index < -0.39 is 0 Å². The maximum absolute atomic E-state index is 4.39. The highest BCUT2D eigenvalue weighted by Gasteiger charge is 2.23. The summed E-state index contributed by atoms with van der Waals surface area (Å²) in [7, 11) is 0. The first-order chi connectivity index (χ1) is 3.58. The van der Waals surface area contributed by atoms with Crippen LogP contribution in [0.4, 0.5) is 0 Å². The van der Waals surface area contributed by atoms with Crippen molar-refractivity contribution in [2.24, 2.45) is 0 Å². The molecule has 0 spiro atoms. The van der Waals surface area contributed by atoms with E-state index in [4.69, 9.17) is 0 Å². The number of hydrogen-bond acceptors (Lipinski definition) is 2. The van der Waals surface area contributed by atoms with Crippen LogP contribution in [0.3, 0.4) is 0 Å². The molecule has 1 heterocycles. The second-order valence-corrected chi connectivity index (χ2v) is 4.30. The van der Waals surface area contributed by atoms with Gasteiger partial charge in [-0.25, -0.2) is 0 Å². The zero-order chi connectivity index (χ0) is 6.20. The Morgan fingerprint density at radius 3 is 2.12 bits per heavy atom. The zero-order valence-corrected chi connectivity index (χ0v) is 6.41. The van der Waals surface area contributed by atoms with Gasteiger partial charge in [0.25, 0.3) is 0 Å². The summed E-state index contributed by atoms with van der Waals surface area (Å²) in [4.78, 5) is 2.38. The SMILES string of the molecule is CC(C)(S)CN1CC1. The third kappa shape index (κ3) is 2.58. The Bertz CT molecular complexity index is 81.0. The molecule has 0 aliphatic carbocycles. The van der Waals surface area contributed by atoms with Crippen molar-refractivity contribution >= 4 is 12.6 Å². The second-order valence-electron chi connectivity index (χ2n) is 3.09. The van der Waals surface area contributed by atoms with Crippen molar-refractivity contribution in [3.63, 3.8) is 0 Å². The number of rotatable bonds is 2. The molecule has 1 aliphatic heterocycles. The maximum atomic E-state index is 4.39. The Hall–Kier alpha value is 0.310. The molecule has 1 rings (SSSR count). The Morgan fingerprint density at radius 2 is 2.00 bits per heavy atom. The van der Waals surface area contributed by atoms with Gasteiger partial charge < -0.3 is 0 Å². The summed E-state index contributed by atoms with van der Waals surface area (Å²) >= 11 is 4.39. The summed E-state index contributed by atoms with van der Waals surface area (Å²) in [5, 5.41) is 0. The second kappa shape index (κ2) is 1.92. The lowest BCUT2D eigenvalue weighted by Crippen LogP contribution is -2.22. The van der Waals surface area contributed by atoms with Crippen LogP contribution in [-0.2, 0) is 0 Å². The number of nitrogens with zero attached hydrogens (tertiary/aromatic N) is 1. The van der Waals surface area contributed by atoms with Gasteiger partial charge in [0.05, 0.1) is 0 Å². The minimum atomic E-state index is 0.205. The monoisotopic (exact) mass is 131 g/mol. The predicted octanol–water partition coefficient (Wildman–Crippen LogP) is 1.01. The summed E-state index contributed by atoms with van der Waals surface area (Å²) < 4.78 is 0.205. The summed E-state index contributed by atoms with van der Waals surface area (Å²) in [6.07, 6.45) is 0. The van der Waals surface area contributed by atoms with Crippen molar-refractivity contribution in [1.29, 1.82) is 0 Å². The predicted molar refractivity (Wildman–Crippen MR) is 39.5 cm³/mol. The molecule has 1 fully saturated rings. The minimum absolute atomic E-state index is 0.205. The lowest BCUT2D eigenvalue weighted by Gasteiger charge is -2.16. The Morgan fingerprint density at radius 1 is 1.50 bits per heavy atom. The average molecular weight is 131 g/mol. The topological polar surface area (TPSA) is 3.01 Å². The van der Waals surface area contributed by atoms with Gasteiger partial charge in [-0.3, -0.25) is 4.90 Å². The Labute approximate surface area is 56.5 Å². The van der Waals surface area contributed by atoms with Gasteiger partial charge >= 0.3 is 0 Å². The standard InChI is InChI=1S/C6H13NS/c1-6(2,8)5-7-3-4-7/h8H,3-5H2,1-2H3. The normalized spacial score (nSPS) is 21.4. The highest BCUT2D eigenvalue weighted by molar-refractivity contribution is 7.81. The third-order valence-electron chi connectivity index (χ3n) is 1.15. The van der Waals surface area contributed by atoms with Gasteiger partial charge in [0, 0.05) is 24.4 Å². The highest BCUT2D eigenvalue weighted by Crippen LogP contribution is 2.17. The zero-order valence-electron chi connectivity index (χ0n) is 5.52. The lowest BCUT2D eigenvalue weighted by molar-refractivity contribution is 0.491. The van der Waals surface area contributed by atoms with Gasteiger partial charge in [-0.2, -0.15) is 12.6 Å². The fraction of sp³-hybridized carbons (Fsp3) is 1.00. The molecule has 0 aromatic carbocycles. The van der Waals surface area contributed by atoms with Gasteiger partial charge in [0.15, 0.2) is 0 Å². The lowest BCUT2D eigenvalue weighted by atomic mass is 10.2. The van der Waals surface area contributed by atoms with Crippen LogP contribution in [0, 0.1) is 0 Å². The van der Waals surface area contributed by atoms with E-state index in [-0.39, 0.29) is 4.75 Å². The highest BCUT2D eigenvalue weighted by atomic mass is 32.1. The van der Waals surface area contributed by atoms with Crippen molar-refractivity contribution in [3.05, 3.63) is 0 Å².